The van der Waals surface area contributed by atoms with Crippen LogP contribution in [-0.4, -0.2) is 11.8 Å². The molecule has 0 aliphatic rings. The second-order valence-corrected chi connectivity index (χ2v) is 5.03. The molecule has 0 heterocycles. The van der Waals surface area contributed by atoms with Gasteiger partial charge in [0.05, 0.1) is 0 Å². The quantitative estimate of drug-likeness (QED) is 0.905. The van der Waals surface area contributed by atoms with Crippen LogP contribution in [0, 0.1) is 13.8 Å². The molecule has 2 N–H and O–H groups in total. The van der Waals surface area contributed by atoms with Gasteiger partial charge in [0.1, 0.15) is 0 Å². The van der Waals surface area contributed by atoms with Gasteiger partial charge in [-0.05, 0) is 49.2 Å². The van der Waals surface area contributed by atoms with Crippen LogP contribution in [0.15, 0.2) is 42.5 Å². The number of rotatable bonds is 3. The zero-order chi connectivity index (χ0) is 15.4. The van der Waals surface area contributed by atoms with E-state index in [2.05, 4.69) is 10.6 Å². The van der Waals surface area contributed by atoms with E-state index in [0.29, 0.717) is 11.3 Å². The molecule has 2 aromatic rings. The van der Waals surface area contributed by atoms with E-state index in [1.54, 1.807) is 24.3 Å². The lowest BCUT2D eigenvalue weighted by atomic mass is 10.1. The molecule has 0 atom stereocenters. The molecule has 0 unspecified atom stereocenters. The predicted octanol–water partition coefficient (Wildman–Crippen LogP) is 3.51. The maximum Gasteiger partial charge on any atom is 0.255 e. The van der Waals surface area contributed by atoms with Crippen molar-refractivity contribution in [3.63, 3.8) is 0 Å². The monoisotopic (exact) mass is 282 g/mol. The van der Waals surface area contributed by atoms with Crippen molar-refractivity contribution in [3.05, 3.63) is 59.2 Å². The molecule has 0 aromatic heterocycles. The zero-order valence-electron chi connectivity index (χ0n) is 12.4. The van der Waals surface area contributed by atoms with Crippen molar-refractivity contribution in [2.24, 2.45) is 0 Å². The van der Waals surface area contributed by atoms with Gasteiger partial charge in [0.2, 0.25) is 5.91 Å². The summed E-state index contributed by atoms with van der Waals surface area (Å²) in [6.45, 7) is 5.36. The summed E-state index contributed by atoms with van der Waals surface area (Å²) >= 11 is 0. The molecule has 2 rings (SSSR count). The molecule has 2 aromatic carbocycles. The van der Waals surface area contributed by atoms with Crippen LogP contribution in [0.5, 0.6) is 0 Å². The summed E-state index contributed by atoms with van der Waals surface area (Å²) in [6, 6.07) is 12.8. The van der Waals surface area contributed by atoms with E-state index in [1.165, 1.54) is 6.92 Å². The molecule has 21 heavy (non-hydrogen) atoms. The molecule has 2 amide bonds. The maximum atomic E-state index is 12.3. The molecular formula is C17H18N2O2. The van der Waals surface area contributed by atoms with Crippen molar-refractivity contribution in [2.75, 3.05) is 10.6 Å². The number of amides is 2. The normalized spacial score (nSPS) is 10.0. The van der Waals surface area contributed by atoms with Crippen LogP contribution < -0.4 is 10.6 Å². The van der Waals surface area contributed by atoms with Crippen LogP contribution in [0.2, 0.25) is 0 Å². The average molecular weight is 282 g/mol. The fourth-order valence-electron chi connectivity index (χ4n) is 2.01. The van der Waals surface area contributed by atoms with Crippen LogP contribution >= 0.6 is 0 Å². The van der Waals surface area contributed by atoms with Crippen LogP contribution in [0.1, 0.15) is 28.4 Å². The van der Waals surface area contributed by atoms with Gasteiger partial charge in [0, 0.05) is 23.9 Å². The first kappa shape index (κ1) is 14.8. The van der Waals surface area contributed by atoms with E-state index in [9.17, 15) is 9.59 Å². The average Bonchev–Trinajstić information content (AvgIpc) is 2.42. The van der Waals surface area contributed by atoms with Gasteiger partial charge in [-0.3, -0.25) is 9.59 Å². The Kier molecular flexibility index (Phi) is 4.38. The third kappa shape index (κ3) is 3.92. The number of carbonyl (C=O) groups excluding carboxylic acids is 2. The Morgan fingerprint density at radius 2 is 1.71 bits per heavy atom. The van der Waals surface area contributed by atoms with E-state index < -0.39 is 0 Å². The van der Waals surface area contributed by atoms with Crippen molar-refractivity contribution >= 4 is 23.2 Å². The Hall–Kier alpha value is -2.62. The Balaban J connectivity index is 2.20. The first-order valence-electron chi connectivity index (χ1n) is 6.72. The lowest BCUT2D eigenvalue weighted by molar-refractivity contribution is -0.114. The summed E-state index contributed by atoms with van der Waals surface area (Å²) < 4.78 is 0. The first-order chi connectivity index (χ1) is 9.95. The largest absolute Gasteiger partial charge is 0.326 e. The third-order valence-electron chi connectivity index (χ3n) is 3.09. The minimum absolute atomic E-state index is 0.165. The fraction of sp³-hybridized carbons (Fsp3) is 0.176. The molecule has 0 aliphatic heterocycles. The van der Waals surface area contributed by atoms with Gasteiger partial charge in [-0.1, -0.05) is 18.2 Å². The molecule has 0 radical (unpaired) electrons. The van der Waals surface area contributed by atoms with Crippen LogP contribution in [0.25, 0.3) is 0 Å². The van der Waals surface area contributed by atoms with Gasteiger partial charge in [-0.2, -0.15) is 0 Å². The number of benzene rings is 2. The van der Waals surface area contributed by atoms with E-state index >= 15 is 0 Å². The number of hydrogen-bond donors (Lipinski definition) is 2. The van der Waals surface area contributed by atoms with Crippen molar-refractivity contribution in [3.8, 4) is 0 Å². The minimum Gasteiger partial charge on any atom is -0.326 e. The molecule has 0 saturated heterocycles. The molecule has 0 bridgehead atoms. The lowest BCUT2D eigenvalue weighted by Crippen LogP contribution is -2.14. The van der Waals surface area contributed by atoms with Gasteiger partial charge in [0.25, 0.3) is 5.91 Å². The van der Waals surface area contributed by atoms with Crippen LogP contribution in [0.3, 0.4) is 0 Å². The molecule has 0 fully saturated rings. The van der Waals surface area contributed by atoms with Crippen LogP contribution in [-0.2, 0) is 4.79 Å². The standard InChI is InChI=1S/C17H18N2O2/c1-11-7-8-12(2)16(9-11)19-17(21)14-5-4-6-15(10-14)18-13(3)20/h4-10H,1-3H3,(H,18,20)(H,19,21). The van der Waals surface area contributed by atoms with Crippen molar-refractivity contribution in [1.82, 2.24) is 0 Å². The molecule has 4 nitrogen and oxygen atoms in total. The van der Waals surface area contributed by atoms with E-state index in [1.807, 2.05) is 32.0 Å². The Bertz CT molecular complexity index is 693. The zero-order valence-corrected chi connectivity index (χ0v) is 12.4. The number of anilines is 2. The summed E-state index contributed by atoms with van der Waals surface area (Å²) in [5.41, 5.74) is 4.00. The van der Waals surface area contributed by atoms with Gasteiger partial charge < -0.3 is 10.6 Å². The van der Waals surface area contributed by atoms with Gasteiger partial charge >= 0.3 is 0 Å². The van der Waals surface area contributed by atoms with Crippen molar-refractivity contribution in [2.45, 2.75) is 20.8 Å². The van der Waals surface area contributed by atoms with Crippen molar-refractivity contribution in [1.29, 1.82) is 0 Å². The molecule has 0 saturated carbocycles. The lowest BCUT2D eigenvalue weighted by Gasteiger charge is -2.10. The Morgan fingerprint density at radius 3 is 2.43 bits per heavy atom. The summed E-state index contributed by atoms with van der Waals surface area (Å²) in [5.74, 6) is -0.363. The predicted molar refractivity (Wildman–Crippen MR) is 84.6 cm³/mol. The smallest absolute Gasteiger partial charge is 0.255 e. The molecule has 108 valence electrons. The molecule has 0 spiro atoms. The van der Waals surface area contributed by atoms with Crippen LogP contribution in [0.4, 0.5) is 11.4 Å². The fourth-order valence-corrected chi connectivity index (χ4v) is 2.01. The summed E-state index contributed by atoms with van der Waals surface area (Å²) in [7, 11) is 0. The van der Waals surface area contributed by atoms with Gasteiger partial charge in [0.15, 0.2) is 0 Å². The van der Waals surface area contributed by atoms with E-state index in [0.717, 1.165) is 16.8 Å². The SMILES string of the molecule is CC(=O)Nc1cccc(C(=O)Nc2cc(C)ccc2C)c1. The Morgan fingerprint density at radius 1 is 0.952 bits per heavy atom. The molecule has 4 heteroatoms. The maximum absolute atomic E-state index is 12.3. The summed E-state index contributed by atoms with van der Waals surface area (Å²) in [5, 5.41) is 5.56. The second kappa shape index (κ2) is 6.22. The minimum atomic E-state index is -0.198. The van der Waals surface area contributed by atoms with Crippen molar-refractivity contribution < 1.29 is 9.59 Å². The number of carbonyl (C=O) groups is 2. The highest BCUT2D eigenvalue weighted by Gasteiger charge is 2.09. The topological polar surface area (TPSA) is 58.2 Å². The summed E-state index contributed by atoms with van der Waals surface area (Å²) in [4.78, 5) is 23.3. The number of aryl methyl sites for hydroxylation is 2. The highest BCUT2D eigenvalue weighted by atomic mass is 16.2. The highest BCUT2D eigenvalue weighted by Crippen LogP contribution is 2.18. The van der Waals surface area contributed by atoms with E-state index in [4.69, 9.17) is 0 Å². The molecule has 0 aliphatic carbocycles. The van der Waals surface area contributed by atoms with Gasteiger partial charge in [-0.15, -0.1) is 0 Å². The Labute approximate surface area is 124 Å². The number of nitrogens with one attached hydrogen (secondary N) is 2. The first-order valence-corrected chi connectivity index (χ1v) is 6.72. The van der Waals surface area contributed by atoms with E-state index in [-0.39, 0.29) is 11.8 Å². The number of hydrogen-bond acceptors (Lipinski definition) is 2. The highest BCUT2D eigenvalue weighted by molar-refractivity contribution is 6.05. The second-order valence-electron chi connectivity index (χ2n) is 5.03. The van der Waals surface area contributed by atoms with Gasteiger partial charge in [-0.25, -0.2) is 0 Å². The molecular weight excluding hydrogens is 264 g/mol. The summed E-state index contributed by atoms with van der Waals surface area (Å²) in [6.07, 6.45) is 0. The third-order valence-corrected chi connectivity index (χ3v) is 3.09.